The van der Waals surface area contributed by atoms with E-state index in [4.69, 9.17) is 9.47 Å². The second-order valence-electron chi connectivity index (χ2n) is 7.77. The summed E-state index contributed by atoms with van der Waals surface area (Å²) in [6.45, 7) is 6.68. The van der Waals surface area contributed by atoms with Crippen LogP contribution in [0.3, 0.4) is 0 Å². The number of carbonyl (C=O) groups excluding carboxylic acids is 2. The lowest BCUT2D eigenvalue weighted by Crippen LogP contribution is -2.45. The van der Waals surface area contributed by atoms with Crippen molar-refractivity contribution in [1.82, 2.24) is 10.6 Å². The van der Waals surface area contributed by atoms with E-state index < -0.39 is 6.04 Å². The van der Waals surface area contributed by atoms with E-state index in [9.17, 15) is 9.59 Å². The van der Waals surface area contributed by atoms with Crippen molar-refractivity contribution in [2.75, 3.05) is 6.61 Å². The highest BCUT2D eigenvalue weighted by Crippen LogP contribution is 2.31. The Labute approximate surface area is 166 Å². The number of urea groups is 1. The van der Waals surface area contributed by atoms with Gasteiger partial charge >= 0.3 is 12.0 Å². The molecule has 0 saturated heterocycles. The van der Waals surface area contributed by atoms with Gasteiger partial charge in [-0.05, 0) is 62.6 Å². The molecule has 2 amide bonds. The van der Waals surface area contributed by atoms with Gasteiger partial charge in [-0.2, -0.15) is 0 Å². The van der Waals surface area contributed by atoms with E-state index in [2.05, 4.69) is 24.5 Å². The van der Waals surface area contributed by atoms with Crippen molar-refractivity contribution in [1.29, 1.82) is 0 Å². The Morgan fingerprint density at radius 3 is 2.46 bits per heavy atom. The Balaban J connectivity index is 1.77. The molecule has 1 saturated carbocycles. The van der Waals surface area contributed by atoms with Gasteiger partial charge in [0.2, 0.25) is 0 Å². The molecular formula is C22H30N2O4. The lowest BCUT2D eigenvalue weighted by Gasteiger charge is -2.31. The third-order valence-electron chi connectivity index (χ3n) is 5.41. The Morgan fingerprint density at radius 1 is 1.14 bits per heavy atom. The third-order valence-corrected chi connectivity index (χ3v) is 5.41. The average Bonchev–Trinajstić information content (AvgIpc) is 2.68. The number of hydrogen-bond donors (Lipinski definition) is 2. The number of rotatable bonds is 6. The van der Waals surface area contributed by atoms with Crippen molar-refractivity contribution < 1.29 is 19.1 Å². The first kappa shape index (κ1) is 20.2. The van der Waals surface area contributed by atoms with Crippen LogP contribution >= 0.6 is 0 Å². The Kier molecular flexibility index (Phi) is 6.60. The topological polar surface area (TPSA) is 76.7 Å². The van der Waals surface area contributed by atoms with Crippen molar-refractivity contribution in [3.8, 4) is 5.75 Å². The lowest BCUT2D eigenvalue weighted by molar-refractivity contribution is -0.146. The van der Waals surface area contributed by atoms with E-state index in [1.165, 1.54) is 0 Å². The summed E-state index contributed by atoms with van der Waals surface area (Å²) in [6, 6.07) is 6.62. The highest BCUT2D eigenvalue weighted by Gasteiger charge is 2.34. The van der Waals surface area contributed by atoms with Crippen LogP contribution in [0.1, 0.15) is 64.5 Å². The predicted molar refractivity (Wildman–Crippen MR) is 107 cm³/mol. The molecule has 0 spiro atoms. The molecule has 1 aromatic rings. The largest absolute Gasteiger partial charge is 0.494 e. The van der Waals surface area contributed by atoms with Crippen LogP contribution in [0.2, 0.25) is 0 Å². The molecule has 3 rings (SSSR count). The fourth-order valence-electron chi connectivity index (χ4n) is 3.75. The van der Waals surface area contributed by atoms with Crippen LogP contribution < -0.4 is 15.4 Å². The molecule has 2 N–H and O–H groups in total. The Bertz CT molecular complexity index is 733. The SMILES string of the molecule is CCCOc1ccc([C@@H]2NC(=O)NC(C)=C2C(=O)OC2CCC(C)CC2)cc1. The van der Waals surface area contributed by atoms with E-state index in [0.717, 1.165) is 43.4 Å². The second kappa shape index (κ2) is 9.13. The van der Waals surface area contributed by atoms with Gasteiger partial charge in [-0.3, -0.25) is 0 Å². The van der Waals surface area contributed by atoms with Crippen LogP contribution in [0.4, 0.5) is 4.79 Å². The molecule has 0 radical (unpaired) electrons. The van der Waals surface area contributed by atoms with Crippen LogP contribution in [0.25, 0.3) is 0 Å². The van der Waals surface area contributed by atoms with Gasteiger partial charge in [-0.25, -0.2) is 9.59 Å². The summed E-state index contributed by atoms with van der Waals surface area (Å²) in [7, 11) is 0. The molecule has 0 bridgehead atoms. The van der Waals surface area contributed by atoms with Crippen LogP contribution in [-0.2, 0) is 9.53 Å². The van der Waals surface area contributed by atoms with Gasteiger partial charge in [0.15, 0.2) is 0 Å². The van der Waals surface area contributed by atoms with Gasteiger partial charge in [-0.1, -0.05) is 26.0 Å². The molecule has 0 unspecified atom stereocenters. The minimum atomic E-state index is -0.538. The van der Waals surface area contributed by atoms with Crippen molar-refractivity contribution in [3.05, 3.63) is 41.1 Å². The molecule has 152 valence electrons. The van der Waals surface area contributed by atoms with E-state index in [1.54, 1.807) is 6.92 Å². The zero-order chi connectivity index (χ0) is 20.1. The highest BCUT2D eigenvalue weighted by atomic mass is 16.5. The van der Waals surface area contributed by atoms with E-state index in [-0.39, 0.29) is 18.1 Å². The molecule has 1 fully saturated rings. The van der Waals surface area contributed by atoms with Gasteiger partial charge in [-0.15, -0.1) is 0 Å². The summed E-state index contributed by atoms with van der Waals surface area (Å²) in [5.74, 6) is 1.10. The summed E-state index contributed by atoms with van der Waals surface area (Å²) in [5, 5.41) is 5.55. The standard InChI is InChI=1S/C22H30N2O4/c1-4-13-27-17-11-7-16(8-12-17)20-19(15(3)23-22(26)24-20)21(25)28-18-9-5-14(2)6-10-18/h7-8,11-12,14,18,20H,4-6,9-10,13H2,1-3H3,(H2,23,24,26)/t14?,18?,20-/m0/s1. The number of benzene rings is 1. The van der Waals surface area contributed by atoms with Crippen molar-refractivity contribution in [2.24, 2.45) is 5.92 Å². The van der Waals surface area contributed by atoms with Crippen LogP contribution in [0, 0.1) is 5.92 Å². The smallest absolute Gasteiger partial charge is 0.338 e. The molecule has 1 aliphatic carbocycles. The maximum atomic E-state index is 13.0. The molecule has 0 aromatic heterocycles. The normalized spacial score (nSPS) is 25.0. The van der Waals surface area contributed by atoms with E-state index >= 15 is 0 Å². The molecule has 6 heteroatoms. The lowest BCUT2D eigenvalue weighted by atomic mass is 9.89. The Morgan fingerprint density at radius 2 is 1.82 bits per heavy atom. The number of nitrogens with one attached hydrogen (secondary N) is 2. The molecule has 28 heavy (non-hydrogen) atoms. The first-order chi connectivity index (χ1) is 13.5. The Hall–Kier alpha value is -2.50. The quantitative estimate of drug-likeness (QED) is 0.718. The summed E-state index contributed by atoms with van der Waals surface area (Å²) >= 11 is 0. The van der Waals surface area contributed by atoms with E-state index in [0.29, 0.717) is 23.8 Å². The van der Waals surface area contributed by atoms with Gasteiger partial charge in [0.1, 0.15) is 11.9 Å². The third kappa shape index (κ3) is 4.86. The monoisotopic (exact) mass is 386 g/mol. The van der Waals surface area contributed by atoms with Gasteiger partial charge in [0.05, 0.1) is 18.2 Å². The van der Waals surface area contributed by atoms with Crippen molar-refractivity contribution >= 4 is 12.0 Å². The van der Waals surface area contributed by atoms with E-state index in [1.807, 2.05) is 24.3 Å². The molecular weight excluding hydrogens is 356 g/mol. The molecule has 1 heterocycles. The minimum absolute atomic E-state index is 0.0490. The number of esters is 1. The highest BCUT2D eigenvalue weighted by molar-refractivity contribution is 5.95. The number of amides is 2. The maximum Gasteiger partial charge on any atom is 0.338 e. The van der Waals surface area contributed by atoms with Gasteiger partial charge < -0.3 is 20.1 Å². The summed E-state index contributed by atoms with van der Waals surface area (Å²) in [4.78, 5) is 25.0. The zero-order valence-corrected chi connectivity index (χ0v) is 16.9. The molecule has 2 aliphatic rings. The van der Waals surface area contributed by atoms with Crippen LogP contribution in [0.5, 0.6) is 5.75 Å². The number of ether oxygens (including phenoxy) is 2. The summed E-state index contributed by atoms with van der Waals surface area (Å²) < 4.78 is 11.4. The van der Waals surface area contributed by atoms with Crippen LogP contribution in [-0.4, -0.2) is 24.7 Å². The molecule has 1 atom stereocenters. The predicted octanol–water partition coefficient (Wildman–Crippen LogP) is 4.23. The van der Waals surface area contributed by atoms with Crippen molar-refractivity contribution in [2.45, 2.75) is 65.0 Å². The second-order valence-corrected chi connectivity index (χ2v) is 7.77. The number of carbonyl (C=O) groups is 2. The fraction of sp³-hybridized carbons (Fsp3) is 0.545. The van der Waals surface area contributed by atoms with Crippen molar-refractivity contribution in [3.63, 3.8) is 0 Å². The summed E-state index contributed by atoms with van der Waals surface area (Å²) in [6.07, 6.45) is 4.83. The summed E-state index contributed by atoms with van der Waals surface area (Å²) in [5.41, 5.74) is 1.82. The van der Waals surface area contributed by atoms with Gasteiger partial charge in [0.25, 0.3) is 0 Å². The molecule has 6 nitrogen and oxygen atoms in total. The molecule has 1 aliphatic heterocycles. The van der Waals surface area contributed by atoms with Gasteiger partial charge in [0, 0.05) is 5.70 Å². The first-order valence-electron chi connectivity index (χ1n) is 10.2. The minimum Gasteiger partial charge on any atom is -0.494 e. The number of hydrogen-bond acceptors (Lipinski definition) is 4. The van der Waals surface area contributed by atoms with Crippen LogP contribution in [0.15, 0.2) is 35.5 Å². The fourth-order valence-corrected chi connectivity index (χ4v) is 3.75. The first-order valence-corrected chi connectivity index (χ1v) is 10.2. The molecule has 1 aromatic carbocycles. The maximum absolute atomic E-state index is 13.0. The zero-order valence-electron chi connectivity index (χ0n) is 16.9. The average molecular weight is 386 g/mol. The number of allylic oxidation sites excluding steroid dienone is 1.